The van der Waals surface area contributed by atoms with Crippen LogP contribution in [0.2, 0.25) is 0 Å². The lowest BCUT2D eigenvalue weighted by atomic mass is 9.42. The fourth-order valence-electron chi connectivity index (χ4n) is 13.2. The highest BCUT2D eigenvalue weighted by molar-refractivity contribution is 5.85. The van der Waals surface area contributed by atoms with Gasteiger partial charge in [0.2, 0.25) is 0 Å². The van der Waals surface area contributed by atoms with Crippen LogP contribution in [-0.4, -0.2) is 136 Å². The van der Waals surface area contributed by atoms with Gasteiger partial charge in [0, 0.05) is 43.1 Å². The second-order valence-electron chi connectivity index (χ2n) is 19.6. The molecular weight excluding hydrogens is 768 g/mol. The third kappa shape index (κ3) is 7.74. The van der Waals surface area contributed by atoms with Gasteiger partial charge in [-0.15, -0.1) is 0 Å². The lowest BCUT2D eigenvalue weighted by Gasteiger charge is -2.65. The average molecular weight is 837 g/mol. The van der Waals surface area contributed by atoms with Crippen LogP contribution in [0.1, 0.15) is 119 Å². The topological polar surface area (TPSA) is 209 Å². The quantitative estimate of drug-likeness (QED) is 0.167. The lowest BCUT2D eigenvalue weighted by Crippen LogP contribution is -2.68. The largest absolute Gasteiger partial charge is 0.458 e. The number of ether oxygens (including phenoxy) is 8. The molecule has 1 unspecified atom stereocenters. The van der Waals surface area contributed by atoms with Crippen molar-refractivity contribution in [3.05, 3.63) is 11.6 Å². The molecule has 8 aliphatic rings. The van der Waals surface area contributed by atoms with Crippen molar-refractivity contribution in [2.45, 2.75) is 210 Å². The van der Waals surface area contributed by atoms with Gasteiger partial charge in [0.05, 0.1) is 48.8 Å². The van der Waals surface area contributed by atoms with E-state index in [9.17, 15) is 35.1 Å². The molecule has 5 N–H and O–H groups in total. The minimum atomic E-state index is -1.03. The van der Waals surface area contributed by atoms with Gasteiger partial charge in [0.15, 0.2) is 18.9 Å². The number of hydrogen-bond donors (Lipinski definition) is 5. The Morgan fingerprint density at radius 1 is 0.763 bits per heavy atom. The van der Waals surface area contributed by atoms with Gasteiger partial charge in [-0.1, -0.05) is 20.8 Å². The van der Waals surface area contributed by atoms with E-state index in [2.05, 4.69) is 13.8 Å². The van der Waals surface area contributed by atoms with Gasteiger partial charge in [-0.3, -0.25) is 4.79 Å². The molecule has 4 aliphatic carbocycles. The summed E-state index contributed by atoms with van der Waals surface area (Å²) in [7, 11) is 0. The van der Waals surface area contributed by atoms with E-state index in [1.165, 1.54) is 0 Å². The molecule has 0 radical (unpaired) electrons. The average Bonchev–Trinajstić information content (AvgIpc) is 3.75. The molecule has 8 rings (SSSR count). The van der Waals surface area contributed by atoms with Crippen molar-refractivity contribution in [3.63, 3.8) is 0 Å². The Balaban J connectivity index is 0.971. The highest BCUT2D eigenvalue weighted by atomic mass is 16.7. The number of esters is 2. The van der Waals surface area contributed by atoms with Crippen molar-refractivity contribution >= 4 is 11.9 Å². The molecule has 4 saturated carbocycles. The Morgan fingerprint density at radius 2 is 1.41 bits per heavy atom. The van der Waals surface area contributed by atoms with Crippen LogP contribution in [0.5, 0.6) is 0 Å². The van der Waals surface area contributed by atoms with Crippen molar-refractivity contribution in [3.8, 4) is 0 Å². The summed E-state index contributed by atoms with van der Waals surface area (Å²) in [6, 6.07) is 0. The number of aliphatic hydroxyl groups excluding tert-OH is 5. The Bertz CT molecular complexity index is 1550. The first-order valence-corrected chi connectivity index (χ1v) is 22.4. The standard InChI is InChI=1S/C44H68O15/c1-7-34(48)59-44-13-11-27(24-14-35(49)52-20-24)43(44,6)33(47)16-29-28(44)9-8-25-15-26(10-12-42(25,29)5)56-38-19-32(57-36-17-30(45)39(50)21(2)53-36)41(23(4)55-38)58-37-18-31(46)40(51)22(3)54-37/h14,21-23,25-33,36-41,45-47,50-51H,7-13,15-20H2,1-6H3/t21-,22-,23-,25-,26+,27-,28-,29+,30+,31+,32+,33-,36-,37-,38-,39-,40-,41-,42+,43+,44?/m1/s1. The fraction of sp³-hybridized carbons (Fsp3) is 0.909. The van der Waals surface area contributed by atoms with Gasteiger partial charge in [-0.2, -0.15) is 0 Å². The highest BCUT2D eigenvalue weighted by Gasteiger charge is 2.73. The molecule has 0 spiro atoms. The molecule has 0 aromatic rings. The number of carbonyl (C=O) groups excluding carboxylic acids is 2. The van der Waals surface area contributed by atoms with Crippen LogP contribution in [0.25, 0.3) is 0 Å². The Kier molecular flexibility index (Phi) is 12.5. The summed E-state index contributed by atoms with van der Waals surface area (Å²) in [5, 5.41) is 53.9. The minimum absolute atomic E-state index is 0.0657. The first-order chi connectivity index (χ1) is 28.0. The molecule has 15 nitrogen and oxygen atoms in total. The zero-order valence-electron chi connectivity index (χ0n) is 35.5. The SMILES string of the molecule is CCC(=O)OC12CC[C@H](C3=CC(=O)OC3)[C@@]1(C)[C@H](O)C[C@H]1[C@H]2CC[C@@H]2C[C@@H](O[C@@H]3C[C@H](O[C@@H]4C[C@H](O)[C@H](O)[C@@H](C)O4)[C@H](O[C@@H]4C[C@H](O)[C@H](O)[C@@H](C)O4)[C@@H](C)O3)CC[C@@]21C. The Hall–Kier alpha value is -1.76. The maximum atomic E-state index is 13.3. The molecule has 0 aromatic heterocycles. The van der Waals surface area contributed by atoms with E-state index in [0.717, 1.165) is 44.1 Å². The summed E-state index contributed by atoms with van der Waals surface area (Å²) in [6.07, 6.45) is -1.84. The van der Waals surface area contributed by atoms with Gasteiger partial charge < -0.3 is 63.4 Å². The molecule has 334 valence electrons. The maximum absolute atomic E-state index is 13.3. The van der Waals surface area contributed by atoms with Crippen LogP contribution in [0.4, 0.5) is 0 Å². The van der Waals surface area contributed by atoms with E-state index in [4.69, 9.17) is 37.9 Å². The van der Waals surface area contributed by atoms with E-state index >= 15 is 0 Å². The van der Waals surface area contributed by atoms with Crippen molar-refractivity contribution < 1.29 is 73.0 Å². The molecular formula is C44H68O15. The molecule has 21 atom stereocenters. The summed E-state index contributed by atoms with van der Waals surface area (Å²) < 4.78 is 50.1. The summed E-state index contributed by atoms with van der Waals surface area (Å²) in [4.78, 5) is 25.5. The van der Waals surface area contributed by atoms with Crippen molar-refractivity contribution in [1.82, 2.24) is 0 Å². The molecule has 7 fully saturated rings. The number of hydrogen-bond acceptors (Lipinski definition) is 15. The number of cyclic esters (lactones) is 1. The molecule has 0 amide bonds. The maximum Gasteiger partial charge on any atom is 0.331 e. The van der Waals surface area contributed by atoms with Crippen molar-refractivity contribution in [1.29, 1.82) is 0 Å². The molecule has 3 saturated heterocycles. The van der Waals surface area contributed by atoms with Gasteiger partial charge >= 0.3 is 11.9 Å². The van der Waals surface area contributed by atoms with E-state index in [1.807, 2.05) is 13.8 Å². The van der Waals surface area contributed by atoms with Crippen LogP contribution in [0.15, 0.2) is 11.6 Å². The third-order valence-corrected chi connectivity index (χ3v) is 16.5. The van der Waals surface area contributed by atoms with E-state index < -0.39 is 90.9 Å². The number of rotatable bonds is 9. The van der Waals surface area contributed by atoms with Gasteiger partial charge in [-0.25, -0.2) is 4.79 Å². The van der Waals surface area contributed by atoms with E-state index in [1.54, 1.807) is 19.9 Å². The molecule has 15 heteroatoms. The van der Waals surface area contributed by atoms with Gasteiger partial charge in [0.1, 0.15) is 30.5 Å². The van der Waals surface area contributed by atoms with E-state index in [-0.39, 0.29) is 67.1 Å². The predicted molar refractivity (Wildman–Crippen MR) is 207 cm³/mol. The molecule has 0 aromatic carbocycles. The number of carbonyl (C=O) groups is 2. The monoisotopic (exact) mass is 836 g/mol. The number of aliphatic hydroxyl groups is 5. The van der Waals surface area contributed by atoms with Crippen molar-refractivity contribution in [2.24, 2.45) is 34.5 Å². The van der Waals surface area contributed by atoms with Crippen LogP contribution in [0.3, 0.4) is 0 Å². The molecule has 4 aliphatic heterocycles. The normalized spacial score (nSPS) is 52.5. The predicted octanol–water partition coefficient (Wildman–Crippen LogP) is 3.18. The first-order valence-electron chi connectivity index (χ1n) is 22.4. The van der Waals surface area contributed by atoms with Crippen molar-refractivity contribution in [2.75, 3.05) is 6.61 Å². The second-order valence-corrected chi connectivity index (χ2v) is 19.6. The lowest BCUT2D eigenvalue weighted by molar-refractivity contribution is -0.344. The second kappa shape index (κ2) is 16.7. The third-order valence-electron chi connectivity index (χ3n) is 16.5. The summed E-state index contributed by atoms with van der Waals surface area (Å²) in [5.41, 5.74) is -0.841. The minimum Gasteiger partial charge on any atom is -0.458 e. The van der Waals surface area contributed by atoms with Gasteiger partial charge in [-0.05, 0) is 101 Å². The van der Waals surface area contributed by atoms with E-state index in [0.29, 0.717) is 25.2 Å². The Labute approximate surface area is 347 Å². The zero-order chi connectivity index (χ0) is 42.2. The highest BCUT2D eigenvalue weighted by Crippen LogP contribution is 2.71. The molecule has 59 heavy (non-hydrogen) atoms. The van der Waals surface area contributed by atoms with Crippen LogP contribution >= 0.6 is 0 Å². The van der Waals surface area contributed by atoms with Gasteiger partial charge in [0.25, 0.3) is 0 Å². The number of fused-ring (bicyclic) bond motifs is 5. The molecule has 4 heterocycles. The Morgan fingerprint density at radius 3 is 2.03 bits per heavy atom. The van der Waals surface area contributed by atoms with Crippen LogP contribution in [-0.2, 0) is 47.5 Å². The fourth-order valence-corrected chi connectivity index (χ4v) is 13.2. The summed E-state index contributed by atoms with van der Waals surface area (Å²) >= 11 is 0. The molecule has 0 bridgehead atoms. The van der Waals surface area contributed by atoms with Crippen LogP contribution < -0.4 is 0 Å². The smallest absolute Gasteiger partial charge is 0.331 e. The summed E-state index contributed by atoms with van der Waals surface area (Å²) in [6.45, 7) is 11.7. The van der Waals surface area contributed by atoms with Crippen LogP contribution in [0, 0.1) is 34.5 Å². The first kappa shape index (κ1) is 43.9. The zero-order valence-corrected chi connectivity index (χ0v) is 35.5. The summed E-state index contributed by atoms with van der Waals surface area (Å²) in [5.74, 6) is -0.236.